The first-order valence-electron chi connectivity index (χ1n) is 8.88. The number of carbonyl (C=O) groups excluding carboxylic acids is 1. The number of para-hydroxylation sites is 1. The number of aromatic nitrogens is 4. The maximum atomic E-state index is 12.7. The summed E-state index contributed by atoms with van der Waals surface area (Å²) in [7, 11) is 0. The van der Waals surface area contributed by atoms with Gasteiger partial charge in [-0.15, -0.1) is 0 Å². The second-order valence-electron chi connectivity index (χ2n) is 6.58. The number of benzene rings is 1. The van der Waals surface area contributed by atoms with Gasteiger partial charge in [-0.3, -0.25) is 18.8 Å². The SMILES string of the molecule is Cc1ccnn1CCC(=O)N1CCc2nc3ccccc3c(=O)n2CC1. The Kier molecular flexibility index (Phi) is 4.28. The summed E-state index contributed by atoms with van der Waals surface area (Å²) in [6.07, 6.45) is 2.74. The highest BCUT2D eigenvalue weighted by Gasteiger charge is 2.20. The van der Waals surface area contributed by atoms with E-state index in [0.717, 1.165) is 17.0 Å². The topological polar surface area (TPSA) is 73.0 Å². The molecule has 0 N–H and O–H groups in total. The van der Waals surface area contributed by atoms with Gasteiger partial charge in [0.1, 0.15) is 5.82 Å². The summed E-state index contributed by atoms with van der Waals surface area (Å²) < 4.78 is 3.55. The first kappa shape index (κ1) is 16.5. The van der Waals surface area contributed by atoms with Crippen LogP contribution in [0.3, 0.4) is 0 Å². The van der Waals surface area contributed by atoms with Gasteiger partial charge in [-0.05, 0) is 25.1 Å². The number of fused-ring (bicyclic) bond motifs is 2. The summed E-state index contributed by atoms with van der Waals surface area (Å²) in [6.45, 7) is 4.15. The summed E-state index contributed by atoms with van der Waals surface area (Å²) in [5.74, 6) is 0.845. The van der Waals surface area contributed by atoms with Crippen LogP contribution in [0.4, 0.5) is 0 Å². The zero-order valence-corrected chi connectivity index (χ0v) is 14.8. The fourth-order valence-corrected chi connectivity index (χ4v) is 3.44. The zero-order valence-electron chi connectivity index (χ0n) is 14.8. The molecule has 4 rings (SSSR count). The van der Waals surface area contributed by atoms with E-state index < -0.39 is 0 Å². The van der Waals surface area contributed by atoms with Gasteiger partial charge in [0.05, 0.1) is 10.9 Å². The van der Waals surface area contributed by atoms with Crippen LogP contribution in [-0.4, -0.2) is 43.2 Å². The normalized spacial score (nSPS) is 14.3. The molecule has 0 bridgehead atoms. The third-order valence-electron chi connectivity index (χ3n) is 4.96. The minimum absolute atomic E-state index is 0.0212. The van der Waals surface area contributed by atoms with Crippen LogP contribution in [0.25, 0.3) is 10.9 Å². The minimum atomic E-state index is -0.0212. The third-order valence-corrected chi connectivity index (χ3v) is 4.96. The number of amides is 1. The van der Waals surface area contributed by atoms with Crippen LogP contribution in [0.5, 0.6) is 0 Å². The van der Waals surface area contributed by atoms with Gasteiger partial charge in [-0.1, -0.05) is 12.1 Å². The average molecular weight is 351 g/mol. The average Bonchev–Trinajstić information content (AvgIpc) is 2.93. The molecule has 0 saturated heterocycles. The predicted molar refractivity (Wildman–Crippen MR) is 97.9 cm³/mol. The highest BCUT2D eigenvalue weighted by Crippen LogP contribution is 2.12. The molecule has 3 heterocycles. The molecule has 1 aromatic carbocycles. The first-order chi connectivity index (χ1) is 12.6. The second-order valence-corrected chi connectivity index (χ2v) is 6.58. The largest absolute Gasteiger partial charge is 0.340 e. The lowest BCUT2D eigenvalue weighted by Gasteiger charge is -2.20. The van der Waals surface area contributed by atoms with Crippen molar-refractivity contribution in [3.05, 3.63) is 58.4 Å². The molecule has 1 amide bonds. The fraction of sp³-hybridized carbons (Fsp3) is 0.368. The Bertz CT molecular complexity index is 1020. The van der Waals surface area contributed by atoms with Gasteiger partial charge in [0.2, 0.25) is 5.91 Å². The summed E-state index contributed by atoms with van der Waals surface area (Å²) in [6, 6.07) is 9.32. The Labute approximate surface area is 150 Å². The van der Waals surface area contributed by atoms with Crippen LogP contribution in [0.2, 0.25) is 0 Å². The molecule has 0 aliphatic carbocycles. The van der Waals surface area contributed by atoms with Crippen LogP contribution in [0.1, 0.15) is 17.9 Å². The van der Waals surface area contributed by atoms with Crippen LogP contribution in [-0.2, 0) is 24.3 Å². The quantitative estimate of drug-likeness (QED) is 0.715. The maximum Gasteiger partial charge on any atom is 0.261 e. The minimum Gasteiger partial charge on any atom is -0.340 e. The lowest BCUT2D eigenvalue weighted by atomic mass is 10.2. The van der Waals surface area contributed by atoms with E-state index in [4.69, 9.17) is 0 Å². The van der Waals surface area contributed by atoms with E-state index in [0.29, 0.717) is 44.4 Å². The van der Waals surface area contributed by atoms with Crippen molar-refractivity contribution in [2.24, 2.45) is 0 Å². The van der Waals surface area contributed by atoms with E-state index in [1.165, 1.54) is 0 Å². The van der Waals surface area contributed by atoms with Crippen LogP contribution in [0.15, 0.2) is 41.3 Å². The lowest BCUT2D eigenvalue weighted by Crippen LogP contribution is -2.34. The van der Waals surface area contributed by atoms with Crippen molar-refractivity contribution in [2.75, 3.05) is 13.1 Å². The number of rotatable bonds is 3. The highest BCUT2D eigenvalue weighted by molar-refractivity contribution is 5.78. The van der Waals surface area contributed by atoms with Crippen molar-refractivity contribution in [2.45, 2.75) is 32.9 Å². The van der Waals surface area contributed by atoms with Crippen molar-refractivity contribution < 1.29 is 4.79 Å². The molecule has 1 aliphatic heterocycles. The Morgan fingerprint density at radius 1 is 1.15 bits per heavy atom. The molecule has 7 heteroatoms. The summed E-state index contributed by atoms with van der Waals surface area (Å²) in [4.78, 5) is 31.8. The van der Waals surface area contributed by atoms with E-state index >= 15 is 0 Å². The van der Waals surface area contributed by atoms with Gasteiger partial charge in [-0.25, -0.2) is 4.98 Å². The van der Waals surface area contributed by atoms with Crippen molar-refractivity contribution in [1.82, 2.24) is 24.2 Å². The standard InChI is InChI=1S/C19H21N5O2/c1-14-6-9-20-24(14)11-8-18(25)22-10-7-17-21-16-5-3-2-4-15(16)19(26)23(17)13-12-22/h2-6,9H,7-8,10-13H2,1H3. The van der Waals surface area contributed by atoms with Crippen LogP contribution >= 0.6 is 0 Å². The molecule has 0 saturated carbocycles. The number of aryl methyl sites for hydroxylation is 2. The zero-order chi connectivity index (χ0) is 18.1. The van der Waals surface area contributed by atoms with E-state index in [9.17, 15) is 9.59 Å². The van der Waals surface area contributed by atoms with Crippen molar-refractivity contribution in [1.29, 1.82) is 0 Å². The number of nitrogens with zero attached hydrogens (tertiary/aromatic N) is 5. The first-order valence-corrected chi connectivity index (χ1v) is 8.88. The molecule has 134 valence electrons. The number of hydrogen-bond donors (Lipinski definition) is 0. The second kappa shape index (κ2) is 6.74. The summed E-state index contributed by atoms with van der Waals surface area (Å²) >= 11 is 0. The Morgan fingerprint density at radius 2 is 2.00 bits per heavy atom. The molecule has 0 fully saturated rings. The van der Waals surface area contributed by atoms with Crippen molar-refractivity contribution in [3.63, 3.8) is 0 Å². The smallest absolute Gasteiger partial charge is 0.261 e. The highest BCUT2D eigenvalue weighted by atomic mass is 16.2. The van der Waals surface area contributed by atoms with Crippen LogP contribution < -0.4 is 5.56 Å². The monoisotopic (exact) mass is 351 g/mol. The Hall–Kier alpha value is -2.96. The Morgan fingerprint density at radius 3 is 2.81 bits per heavy atom. The molecule has 0 atom stereocenters. The summed E-state index contributed by atoms with van der Waals surface area (Å²) in [5.41, 5.74) is 1.74. The molecule has 1 aliphatic rings. The van der Waals surface area contributed by atoms with Gasteiger partial charge in [-0.2, -0.15) is 5.10 Å². The van der Waals surface area contributed by atoms with E-state index in [2.05, 4.69) is 10.1 Å². The Balaban J connectivity index is 1.50. The predicted octanol–water partition coefficient (Wildman–Crippen LogP) is 1.38. The van der Waals surface area contributed by atoms with E-state index in [1.807, 2.05) is 40.8 Å². The van der Waals surface area contributed by atoms with Crippen molar-refractivity contribution in [3.8, 4) is 0 Å². The number of carbonyl (C=O) groups is 1. The van der Waals surface area contributed by atoms with Gasteiger partial charge in [0, 0.05) is 50.9 Å². The molecule has 0 unspecified atom stereocenters. The summed E-state index contributed by atoms with van der Waals surface area (Å²) in [5, 5.41) is 4.85. The molecule has 0 radical (unpaired) electrons. The fourth-order valence-electron chi connectivity index (χ4n) is 3.44. The maximum absolute atomic E-state index is 12.7. The third kappa shape index (κ3) is 3.00. The van der Waals surface area contributed by atoms with Gasteiger partial charge >= 0.3 is 0 Å². The molecule has 2 aromatic heterocycles. The molecular formula is C19H21N5O2. The van der Waals surface area contributed by atoms with Gasteiger partial charge in [0.25, 0.3) is 5.56 Å². The van der Waals surface area contributed by atoms with E-state index in [-0.39, 0.29) is 11.5 Å². The van der Waals surface area contributed by atoms with Gasteiger partial charge in [0.15, 0.2) is 0 Å². The van der Waals surface area contributed by atoms with Gasteiger partial charge < -0.3 is 4.90 Å². The lowest BCUT2D eigenvalue weighted by molar-refractivity contribution is -0.131. The molecule has 26 heavy (non-hydrogen) atoms. The number of hydrogen-bond acceptors (Lipinski definition) is 4. The molecular weight excluding hydrogens is 330 g/mol. The van der Waals surface area contributed by atoms with E-state index in [1.54, 1.807) is 16.8 Å². The molecule has 3 aromatic rings. The van der Waals surface area contributed by atoms with Crippen LogP contribution in [0, 0.1) is 6.92 Å². The van der Waals surface area contributed by atoms with Crippen molar-refractivity contribution >= 4 is 16.8 Å². The molecule has 0 spiro atoms. The molecule has 7 nitrogen and oxygen atoms in total.